The molecule has 0 bridgehead atoms. The Morgan fingerprint density at radius 3 is 2.95 bits per heavy atom. The van der Waals surface area contributed by atoms with Gasteiger partial charge in [0.15, 0.2) is 0 Å². The van der Waals surface area contributed by atoms with Crippen molar-refractivity contribution < 1.29 is 19.1 Å². The maximum Gasteiger partial charge on any atom is 0.227 e. The molecule has 1 N–H and O–H groups in total. The molecule has 6 heteroatoms. The fraction of sp³-hybridized carbons (Fsp3) is 0.500. The van der Waals surface area contributed by atoms with Crippen LogP contribution < -0.4 is 15.0 Å². The molecule has 1 aliphatic heterocycles. The van der Waals surface area contributed by atoms with Crippen molar-refractivity contribution >= 4 is 17.5 Å². The van der Waals surface area contributed by atoms with E-state index in [9.17, 15) is 9.59 Å². The molecule has 1 aromatic rings. The Labute approximate surface area is 130 Å². The molecule has 6 nitrogen and oxygen atoms in total. The van der Waals surface area contributed by atoms with Gasteiger partial charge in [-0.25, -0.2) is 0 Å². The minimum atomic E-state index is -0.304. The van der Waals surface area contributed by atoms with Gasteiger partial charge in [0.1, 0.15) is 5.75 Å². The number of ether oxygens (including phenoxy) is 2. The number of carbonyl (C=O) groups is 2. The van der Waals surface area contributed by atoms with E-state index in [2.05, 4.69) is 5.32 Å². The molecule has 1 saturated heterocycles. The summed E-state index contributed by atoms with van der Waals surface area (Å²) in [6, 6.07) is 7.31. The lowest BCUT2D eigenvalue weighted by Crippen LogP contribution is -2.33. The maximum absolute atomic E-state index is 12.2. The van der Waals surface area contributed by atoms with Crippen molar-refractivity contribution in [3.8, 4) is 5.75 Å². The molecule has 0 aliphatic carbocycles. The number of carbonyl (C=O) groups excluding carboxylic acids is 2. The molecule has 0 saturated carbocycles. The Kier molecular flexibility index (Phi) is 5.77. The average Bonchev–Trinajstić information content (AvgIpc) is 2.93. The van der Waals surface area contributed by atoms with Crippen LogP contribution in [0.5, 0.6) is 5.75 Å². The molecule has 1 aliphatic rings. The zero-order chi connectivity index (χ0) is 15.9. The van der Waals surface area contributed by atoms with Crippen LogP contribution >= 0.6 is 0 Å². The topological polar surface area (TPSA) is 67.9 Å². The Morgan fingerprint density at radius 1 is 1.41 bits per heavy atom. The first kappa shape index (κ1) is 16.3. The van der Waals surface area contributed by atoms with Crippen molar-refractivity contribution in [3.05, 3.63) is 24.3 Å². The SMILES string of the molecule is COCCCNC(=O)[C@@H]1CC(=O)N(c2cccc(OC)c2)C1. The van der Waals surface area contributed by atoms with E-state index in [1.807, 2.05) is 18.2 Å². The van der Waals surface area contributed by atoms with E-state index in [1.165, 1.54) is 0 Å². The molecule has 1 aromatic carbocycles. The van der Waals surface area contributed by atoms with Gasteiger partial charge >= 0.3 is 0 Å². The smallest absolute Gasteiger partial charge is 0.227 e. The maximum atomic E-state index is 12.2. The zero-order valence-corrected chi connectivity index (χ0v) is 13.0. The van der Waals surface area contributed by atoms with Crippen LogP contribution in [-0.4, -0.2) is 45.7 Å². The number of benzene rings is 1. The number of methoxy groups -OCH3 is 2. The monoisotopic (exact) mass is 306 g/mol. The van der Waals surface area contributed by atoms with Crippen LogP contribution in [0.1, 0.15) is 12.8 Å². The van der Waals surface area contributed by atoms with Crippen molar-refractivity contribution in [2.75, 3.05) is 38.8 Å². The van der Waals surface area contributed by atoms with E-state index < -0.39 is 0 Å². The molecule has 2 amide bonds. The Hall–Kier alpha value is -2.08. The van der Waals surface area contributed by atoms with Crippen LogP contribution in [0, 0.1) is 5.92 Å². The van der Waals surface area contributed by atoms with E-state index in [-0.39, 0.29) is 24.2 Å². The van der Waals surface area contributed by atoms with E-state index in [0.29, 0.717) is 25.4 Å². The number of nitrogens with one attached hydrogen (secondary N) is 1. The van der Waals surface area contributed by atoms with E-state index in [0.717, 1.165) is 12.1 Å². The van der Waals surface area contributed by atoms with E-state index in [1.54, 1.807) is 25.2 Å². The van der Waals surface area contributed by atoms with Crippen LogP contribution in [0.4, 0.5) is 5.69 Å². The van der Waals surface area contributed by atoms with Gasteiger partial charge in [-0.1, -0.05) is 6.07 Å². The van der Waals surface area contributed by atoms with Gasteiger partial charge < -0.3 is 19.7 Å². The Bertz CT molecular complexity index is 533. The lowest BCUT2D eigenvalue weighted by atomic mass is 10.1. The van der Waals surface area contributed by atoms with Gasteiger partial charge in [0.25, 0.3) is 0 Å². The number of nitrogens with zero attached hydrogens (tertiary/aromatic N) is 1. The first-order valence-corrected chi connectivity index (χ1v) is 7.36. The summed E-state index contributed by atoms with van der Waals surface area (Å²) >= 11 is 0. The van der Waals surface area contributed by atoms with Gasteiger partial charge in [-0.05, 0) is 18.6 Å². The normalized spacial score (nSPS) is 17.6. The van der Waals surface area contributed by atoms with Crippen molar-refractivity contribution in [1.29, 1.82) is 0 Å². The van der Waals surface area contributed by atoms with Crippen LogP contribution in [0.15, 0.2) is 24.3 Å². The molecule has 0 unspecified atom stereocenters. The number of amides is 2. The minimum Gasteiger partial charge on any atom is -0.497 e. The summed E-state index contributed by atoms with van der Waals surface area (Å²) in [5.41, 5.74) is 0.763. The summed E-state index contributed by atoms with van der Waals surface area (Å²) in [6.45, 7) is 1.58. The third-order valence-electron chi connectivity index (χ3n) is 3.69. The lowest BCUT2D eigenvalue weighted by molar-refractivity contribution is -0.126. The van der Waals surface area contributed by atoms with Crippen LogP contribution in [0.25, 0.3) is 0 Å². The largest absolute Gasteiger partial charge is 0.497 e. The minimum absolute atomic E-state index is 0.0368. The number of hydrogen-bond acceptors (Lipinski definition) is 4. The predicted octanol–water partition coefficient (Wildman–Crippen LogP) is 1.20. The van der Waals surface area contributed by atoms with Crippen LogP contribution in [0.2, 0.25) is 0 Å². The second-order valence-corrected chi connectivity index (χ2v) is 5.24. The molecule has 1 fully saturated rings. The van der Waals surface area contributed by atoms with Gasteiger partial charge in [0, 0.05) is 45.0 Å². The summed E-state index contributed by atoms with van der Waals surface area (Å²) in [6.07, 6.45) is 1.01. The molecule has 2 rings (SSSR count). The summed E-state index contributed by atoms with van der Waals surface area (Å²) in [7, 11) is 3.21. The van der Waals surface area contributed by atoms with Crippen LogP contribution in [-0.2, 0) is 14.3 Å². The highest BCUT2D eigenvalue weighted by atomic mass is 16.5. The summed E-state index contributed by atoms with van der Waals surface area (Å²) in [5, 5.41) is 2.85. The quantitative estimate of drug-likeness (QED) is 0.769. The lowest BCUT2D eigenvalue weighted by Gasteiger charge is -2.17. The van der Waals surface area contributed by atoms with Gasteiger partial charge in [-0.3, -0.25) is 9.59 Å². The number of rotatable bonds is 7. The molecule has 120 valence electrons. The standard InChI is InChI=1S/C16H22N2O4/c1-21-8-4-7-17-16(20)12-9-15(19)18(11-12)13-5-3-6-14(10-13)22-2/h3,5-6,10,12H,4,7-9,11H2,1-2H3,(H,17,20)/t12-/m1/s1. The second kappa shape index (κ2) is 7.79. The Morgan fingerprint density at radius 2 is 2.23 bits per heavy atom. The first-order chi connectivity index (χ1) is 10.7. The van der Waals surface area contributed by atoms with E-state index >= 15 is 0 Å². The van der Waals surface area contributed by atoms with Crippen molar-refractivity contribution in [2.45, 2.75) is 12.8 Å². The molecule has 1 atom stereocenters. The van der Waals surface area contributed by atoms with E-state index in [4.69, 9.17) is 9.47 Å². The third-order valence-corrected chi connectivity index (χ3v) is 3.69. The molecule has 1 heterocycles. The molecule has 0 radical (unpaired) electrons. The molecule has 22 heavy (non-hydrogen) atoms. The summed E-state index contributed by atoms with van der Waals surface area (Å²) in [5.74, 6) is 0.277. The average molecular weight is 306 g/mol. The second-order valence-electron chi connectivity index (χ2n) is 5.24. The van der Waals surface area contributed by atoms with Crippen molar-refractivity contribution in [2.24, 2.45) is 5.92 Å². The number of hydrogen-bond donors (Lipinski definition) is 1. The molecular formula is C16H22N2O4. The van der Waals surface area contributed by atoms with Crippen molar-refractivity contribution in [3.63, 3.8) is 0 Å². The first-order valence-electron chi connectivity index (χ1n) is 7.36. The Balaban J connectivity index is 1.93. The van der Waals surface area contributed by atoms with Gasteiger partial charge in [0.05, 0.1) is 13.0 Å². The van der Waals surface area contributed by atoms with Crippen molar-refractivity contribution in [1.82, 2.24) is 5.32 Å². The molecule has 0 aromatic heterocycles. The highest BCUT2D eigenvalue weighted by Gasteiger charge is 2.35. The number of anilines is 1. The molecule has 0 spiro atoms. The van der Waals surface area contributed by atoms with Gasteiger partial charge in [-0.15, -0.1) is 0 Å². The highest BCUT2D eigenvalue weighted by molar-refractivity contribution is 6.00. The van der Waals surface area contributed by atoms with Crippen LogP contribution in [0.3, 0.4) is 0 Å². The van der Waals surface area contributed by atoms with Gasteiger partial charge in [-0.2, -0.15) is 0 Å². The fourth-order valence-corrected chi connectivity index (χ4v) is 2.48. The fourth-order valence-electron chi connectivity index (χ4n) is 2.48. The third kappa shape index (κ3) is 3.98. The molecular weight excluding hydrogens is 284 g/mol. The zero-order valence-electron chi connectivity index (χ0n) is 13.0. The highest BCUT2D eigenvalue weighted by Crippen LogP contribution is 2.27. The van der Waals surface area contributed by atoms with Gasteiger partial charge in [0.2, 0.25) is 11.8 Å². The predicted molar refractivity (Wildman–Crippen MR) is 83.0 cm³/mol. The summed E-state index contributed by atoms with van der Waals surface area (Å²) < 4.78 is 10.1. The summed E-state index contributed by atoms with van der Waals surface area (Å²) in [4.78, 5) is 25.9.